The van der Waals surface area contributed by atoms with E-state index in [0.29, 0.717) is 16.0 Å². The van der Waals surface area contributed by atoms with E-state index in [4.69, 9.17) is 0 Å². The third kappa shape index (κ3) is 1.94. The summed E-state index contributed by atoms with van der Waals surface area (Å²) in [6.07, 6.45) is 1.27. The smallest absolute Gasteiger partial charge is 0.118 e. The molecule has 1 unspecified atom stereocenters. The molecule has 0 N–H and O–H groups in total. The molecule has 0 aliphatic heterocycles. The van der Waals surface area contributed by atoms with Crippen LogP contribution in [-0.2, 0) is 11.9 Å². The highest BCUT2D eigenvalue weighted by molar-refractivity contribution is 7.38. The number of rotatable bonds is 2. The molecule has 0 nitrogen and oxygen atoms in total. The van der Waals surface area contributed by atoms with Crippen LogP contribution in [0.4, 0.5) is 13.2 Å². The molecule has 0 saturated carbocycles. The number of thiophene rings is 1. The molecule has 1 aromatic heterocycles. The van der Waals surface area contributed by atoms with Crippen LogP contribution >= 0.6 is 10.5 Å². The summed E-state index contributed by atoms with van der Waals surface area (Å²) in [4.78, 5) is 0.524. The molecule has 2 aromatic rings. The van der Waals surface area contributed by atoms with Crippen molar-refractivity contribution in [2.45, 2.75) is 25.3 Å². The number of benzene rings is 1. The van der Waals surface area contributed by atoms with Gasteiger partial charge in [0.1, 0.15) is 0 Å². The number of halogens is 3. The van der Waals surface area contributed by atoms with Crippen molar-refractivity contribution in [3.05, 3.63) is 35.2 Å². The lowest BCUT2D eigenvalue weighted by atomic mass is 10.2. The summed E-state index contributed by atoms with van der Waals surface area (Å²) < 4.78 is 39.4. The van der Waals surface area contributed by atoms with Gasteiger partial charge in [-0.3, -0.25) is 0 Å². The summed E-state index contributed by atoms with van der Waals surface area (Å²) in [5.74, 6) is 0. The van der Waals surface area contributed by atoms with Gasteiger partial charge in [0.25, 0.3) is 0 Å². The van der Waals surface area contributed by atoms with Gasteiger partial charge in [-0.05, 0) is 18.6 Å². The van der Waals surface area contributed by atoms with E-state index in [2.05, 4.69) is 0 Å². The van der Waals surface area contributed by atoms with Gasteiger partial charge in [0.15, 0.2) is 9.58 Å². The van der Waals surface area contributed by atoms with Crippen LogP contribution in [0.2, 0.25) is 0 Å². The first-order chi connectivity index (χ1) is 7.54. The third-order valence-electron chi connectivity index (χ3n) is 2.45. The normalized spacial score (nSPS) is 13.4. The van der Waals surface area contributed by atoms with Crippen LogP contribution in [0.1, 0.15) is 18.2 Å². The number of hydrogen-bond donors (Lipinski definition) is 0. The van der Waals surface area contributed by atoms with Crippen molar-refractivity contribution in [3.63, 3.8) is 0 Å². The van der Waals surface area contributed by atoms with E-state index in [0.717, 1.165) is 11.8 Å². The minimum absolute atomic E-state index is 0.429. The third-order valence-corrected chi connectivity index (χ3v) is 4.57. The fraction of sp³-hybridized carbons (Fsp3) is 0.333. The zero-order valence-electron chi connectivity index (χ0n) is 8.84. The summed E-state index contributed by atoms with van der Waals surface area (Å²) in [7, 11) is -1.70. The summed E-state index contributed by atoms with van der Waals surface area (Å²) in [5, 5.41) is 0.728. The lowest BCUT2D eigenvalue weighted by Crippen LogP contribution is -1.97. The van der Waals surface area contributed by atoms with Crippen molar-refractivity contribution in [2.75, 3.05) is 0 Å². The van der Waals surface area contributed by atoms with Gasteiger partial charge in [0.05, 0.1) is 10.5 Å². The molecular formula is C12H12F3S+. The Morgan fingerprint density at radius 3 is 2.50 bits per heavy atom. The molecule has 0 amide bonds. The molecule has 16 heavy (non-hydrogen) atoms. The van der Waals surface area contributed by atoms with Gasteiger partial charge >= 0.3 is 5.51 Å². The first-order valence-electron chi connectivity index (χ1n) is 5.14. The molecule has 1 heterocycles. The predicted molar refractivity (Wildman–Crippen MR) is 61.7 cm³/mol. The lowest BCUT2D eigenvalue weighted by molar-refractivity contribution is -0.0867. The summed E-state index contributed by atoms with van der Waals surface area (Å²) in [6, 6.07) is 8.50. The van der Waals surface area contributed by atoms with Crippen LogP contribution in [-0.4, -0.2) is 0 Å². The number of fused-ring (bicyclic) bond motifs is 1. The Balaban J connectivity index is 2.69. The summed E-state index contributed by atoms with van der Waals surface area (Å²) in [5.41, 5.74) is -4.15. The fourth-order valence-electron chi connectivity index (χ4n) is 1.85. The minimum Gasteiger partial charge on any atom is -0.118 e. The molecule has 0 spiro atoms. The van der Waals surface area contributed by atoms with E-state index >= 15 is 0 Å². The molecule has 0 bridgehead atoms. The largest absolute Gasteiger partial charge is 0.600 e. The SMILES string of the molecule is CCCc1cc2ccccc2[s+]1C(F)(F)F. The van der Waals surface area contributed by atoms with Crippen LogP contribution < -0.4 is 0 Å². The Bertz CT molecular complexity index is 496. The van der Waals surface area contributed by atoms with Crippen molar-refractivity contribution in [1.29, 1.82) is 0 Å². The van der Waals surface area contributed by atoms with Crippen molar-refractivity contribution in [2.24, 2.45) is 0 Å². The van der Waals surface area contributed by atoms with E-state index in [9.17, 15) is 13.2 Å². The van der Waals surface area contributed by atoms with E-state index in [1.807, 2.05) is 6.92 Å². The Morgan fingerprint density at radius 2 is 1.88 bits per heavy atom. The second kappa shape index (κ2) is 4.09. The average Bonchev–Trinajstić information content (AvgIpc) is 2.55. The molecule has 1 aromatic carbocycles. The van der Waals surface area contributed by atoms with Gasteiger partial charge in [-0.2, -0.15) is 0 Å². The topological polar surface area (TPSA) is 0 Å². The predicted octanol–water partition coefficient (Wildman–Crippen LogP) is 5.02. The maximum absolute atomic E-state index is 13.0. The molecule has 0 aliphatic carbocycles. The van der Waals surface area contributed by atoms with Gasteiger partial charge in [-0.1, -0.05) is 19.1 Å². The molecule has 2 rings (SSSR count). The number of hydrogen-bond acceptors (Lipinski definition) is 0. The highest BCUT2D eigenvalue weighted by Crippen LogP contribution is 2.50. The average molecular weight is 245 g/mol. The number of alkyl halides is 3. The zero-order valence-corrected chi connectivity index (χ0v) is 9.66. The summed E-state index contributed by atoms with van der Waals surface area (Å²) >= 11 is 0. The first kappa shape index (κ1) is 11.5. The van der Waals surface area contributed by atoms with E-state index in [-0.39, 0.29) is 0 Å². The van der Waals surface area contributed by atoms with Crippen molar-refractivity contribution < 1.29 is 13.2 Å². The van der Waals surface area contributed by atoms with Crippen molar-refractivity contribution >= 4 is 20.6 Å². The minimum atomic E-state index is -4.15. The Hall–Kier alpha value is -1.03. The van der Waals surface area contributed by atoms with Crippen molar-refractivity contribution in [3.8, 4) is 0 Å². The lowest BCUT2D eigenvalue weighted by Gasteiger charge is -1.98. The fourth-order valence-corrected chi connectivity index (χ4v) is 3.91. The van der Waals surface area contributed by atoms with E-state index < -0.39 is 16.0 Å². The number of aryl methyl sites for hydroxylation is 1. The van der Waals surface area contributed by atoms with Crippen LogP contribution in [0.15, 0.2) is 30.3 Å². The summed E-state index contributed by atoms with van der Waals surface area (Å²) in [6.45, 7) is 1.90. The Kier molecular flexibility index (Phi) is 2.93. The van der Waals surface area contributed by atoms with Gasteiger partial charge in [-0.25, -0.2) is 0 Å². The maximum Gasteiger partial charge on any atom is 0.600 e. The van der Waals surface area contributed by atoms with Gasteiger partial charge < -0.3 is 0 Å². The quantitative estimate of drug-likeness (QED) is 0.652. The van der Waals surface area contributed by atoms with Crippen LogP contribution in [0.5, 0.6) is 0 Å². The van der Waals surface area contributed by atoms with Crippen LogP contribution in [0, 0.1) is 0 Å². The van der Waals surface area contributed by atoms with Gasteiger partial charge in [-0.15, -0.1) is 13.2 Å². The van der Waals surface area contributed by atoms with E-state index in [1.165, 1.54) is 0 Å². The molecule has 0 radical (unpaired) electrons. The molecular weight excluding hydrogens is 233 g/mol. The molecule has 0 fully saturated rings. The van der Waals surface area contributed by atoms with Crippen LogP contribution in [0.3, 0.4) is 0 Å². The molecule has 4 heteroatoms. The molecule has 0 saturated heterocycles. The van der Waals surface area contributed by atoms with Gasteiger partial charge in [0, 0.05) is 17.9 Å². The van der Waals surface area contributed by atoms with E-state index in [1.54, 1.807) is 30.3 Å². The highest BCUT2D eigenvalue weighted by atomic mass is 32.2. The second-order valence-electron chi connectivity index (χ2n) is 3.65. The van der Waals surface area contributed by atoms with Gasteiger partial charge in [0.2, 0.25) is 0 Å². The Labute approximate surface area is 94.7 Å². The standard InChI is InChI=1S/C12H12F3S/c1-2-5-10-8-9-6-3-4-7-11(9)16(10)12(13,14)15/h3-4,6-8H,2,5H2,1H3/q+1. The molecule has 0 aliphatic rings. The maximum atomic E-state index is 13.0. The molecule has 86 valence electrons. The van der Waals surface area contributed by atoms with Crippen LogP contribution in [0.25, 0.3) is 10.1 Å². The second-order valence-corrected chi connectivity index (χ2v) is 5.69. The first-order valence-corrected chi connectivity index (χ1v) is 6.37. The van der Waals surface area contributed by atoms with Crippen molar-refractivity contribution in [1.82, 2.24) is 0 Å². The monoisotopic (exact) mass is 245 g/mol. The zero-order chi connectivity index (χ0) is 11.8. The molecule has 1 atom stereocenters. The highest BCUT2D eigenvalue weighted by Gasteiger charge is 2.47. The Morgan fingerprint density at radius 1 is 1.19 bits per heavy atom.